The highest BCUT2D eigenvalue weighted by Crippen LogP contribution is 2.15. The molecule has 0 aliphatic heterocycles. The fourth-order valence-electron chi connectivity index (χ4n) is 2.31. The third-order valence-corrected chi connectivity index (χ3v) is 4.34. The van der Waals surface area contributed by atoms with Crippen LogP contribution in [0.2, 0.25) is 0 Å². The maximum atomic E-state index is 11.7. The van der Waals surface area contributed by atoms with Gasteiger partial charge >= 0.3 is 0 Å². The first kappa shape index (κ1) is 20.3. The number of carbonyl (C=O) groups excluding carboxylic acids is 2. The van der Waals surface area contributed by atoms with Crippen LogP contribution in [-0.2, 0) is 24.1 Å². The van der Waals surface area contributed by atoms with Gasteiger partial charge in [-0.1, -0.05) is 37.8 Å². The summed E-state index contributed by atoms with van der Waals surface area (Å²) in [5.41, 5.74) is 3.15. The molecule has 1 N–H and O–H groups in total. The minimum absolute atomic E-state index is 0.407. The topological polar surface area (TPSA) is 68.3 Å². The van der Waals surface area contributed by atoms with Crippen molar-refractivity contribution in [2.24, 2.45) is 0 Å². The maximum Gasteiger partial charge on any atom is 0.282 e. The maximum absolute atomic E-state index is 11.7. The minimum Gasteiger partial charge on any atom is -0.493 e. The van der Waals surface area contributed by atoms with E-state index in [0.717, 1.165) is 29.8 Å². The molecule has 0 aliphatic carbocycles. The number of benzene rings is 1. The van der Waals surface area contributed by atoms with Gasteiger partial charge in [-0.05, 0) is 42.2 Å². The van der Waals surface area contributed by atoms with Crippen LogP contribution in [-0.4, -0.2) is 28.0 Å². The van der Waals surface area contributed by atoms with Crippen LogP contribution >= 0.6 is 25.3 Å². The van der Waals surface area contributed by atoms with Crippen molar-refractivity contribution in [1.29, 1.82) is 0 Å². The lowest BCUT2D eigenvalue weighted by atomic mass is 10.1. The van der Waals surface area contributed by atoms with E-state index in [2.05, 4.69) is 48.5 Å². The number of nitrogens with zero attached hydrogens (tertiary/aromatic N) is 1. The van der Waals surface area contributed by atoms with Gasteiger partial charge in [-0.2, -0.15) is 12.6 Å². The zero-order valence-electron chi connectivity index (χ0n) is 14.5. The average molecular weight is 391 g/mol. The van der Waals surface area contributed by atoms with E-state index >= 15 is 0 Å². The Labute approximate surface area is 164 Å². The van der Waals surface area contributed by atoms with Crippen LogP contribution in [0.1, 0.15) is 23.7 Å². The van der Waals surface area contributed by atoms with Gasteiger partial charge in [0.05, 0.1) is 11.9 Å². The molecular weight excluding hydrogens is 368 g/mol. The third kappa shape index (κ3) is 6.72. The van der Waals surface area contributed by atoms with Crippen LogP contribution in [0.4, 0.5) is 4.79 Å². The number of hydrogen-bond acceptors (Lipinski definition) is 5. The van der Waals surface area contributed by atoms with E-state index in [-0.39, 0.29) is 0 Å². The van der Waals surface area contributed by atoms with Crippen LogP contribution in [0.3, 0.4) is 0 Å². The first-order valence-electron chi connectivity index (χ1n) is 8.35. The molecule has 1 heterocycles. The highest BCUT2D eigenvalue weighted by molar-refractivity contribution is 7.96. The summed E-state index contributed by atoms with van der Waals surface area (Å²) in [6, 6.07) is 11.6. The van der Waals surface area contributed by atoms with Crippen molar-refractivity contribution in [2.45, 2.75) is 31.4 Å². The summed E-state index contributed by atoms with van der Waals surface area (Å²) >= 11 is 7.73. The van der Waals surface area contributed by atoms with Gasteiger partial charge < -0.3 is 4.74 Å². The van der Waals surface area contributed by atoms with Gasteiger partial charge in [-0.3, -0.25) is 19.9 Å². The van der Waals surface area contributed by atoms with Gasteiger partial charge in [-0.25, -0.2) is 0 Å². The molecular formula is C19H22N2O3S2. The lowest BCUT2D eigenvalue weighted by molar-refractivity contribution is -0.119. The predicted octanol–water partition coefficient (Wildman–Crippen LogP) is 3.27. The van der Waals surface area contributed by atoms with E-state index < -0.39 is 16.4 Å². The van der Waals surface area contributed by atoms with Gasteiger partial charge in [0, 0.05) is 18.3 Å². The summed E-state index contributed by atoms with van der Waals surface area (Å²) < 4.78 is 5.73. The first-order valence-corrected chi connectivity index (χ1v) is 9.31. The van der Waals surface area contributed by atoms with Crippen LogP contribution < -0.4 is 10.1 Å². The van der Waals surface area contributed by atoms with Crippen LogP contribution in [0.25, 0.3) is 0 Å². The van der Waals surface area contributed by atoms with E-state index in [1.807, 2.05) is 36.5 Å². The number of imide groups is 1. The number of hydrogen-bond donors (Lipinski definition) is 3. The molecule has 0 fully saturated rings. The number of nitrogens with one attached hydrogen (secondary N) is 1. The number of amides is 2. The Kier molecular flexibility index (Phi) is 8.00. The summed E-state index contributed by atoms with van der Waals surface area (Å²) in [6.45, 7) is 2.64. The molecule has 5 nitrogen and oxygen atoms in total. The van der Waals surface area contributed by atoms with Crippen LogP contribution in [0.15, 0.2) is 42.6 Å². The second kappa shape index (κ2) is 10.2. The van der Waals surface area contributed by atoms with Crippen molar-refractivity contribution < 1.29 is 14.3 Å². The fraction of sp³-hybridized carbons (Fsp3) is 0.316. The number of aryl methyl sites for hydroxylation is 1. The molecule has 0 bridgehead atoms. The quantitative estimate of drug-likeness (QED) is 0.605. The lowest BCUT2D eigenvalue weighted by Crippen LogP contribution is -2.34. The zero-order chi connectivity index (χ0) is 18.9. The van der Waals surface area contributed by atoms with Crippen molar-refractivity contribution >= 4 is 36.4 Å². The molecule has 26 heavy (non-hydrogen) atoms. The Morgan fingerprint density at radius 3 is 2.42 bits per heavy atom. The van der Waals surface area contributed by atoms with Crippen LogP contribution in [0.5, 0.6) is 5.75 Å². The molecule has 7 heteroatoms. The molecule has 2 rings (SSSR count). The molecule has 1 aromatic carbocycles. The Balaban J connectivity index is 1.79. The molecule has 0 aliphatic rings. The number of ether oxygens (including phenoxy) is 1. The number of thiol groups is 2. The molecule has 1 unspecified atom stereocenters. The smallest absolute Gasteiger partial charge is 0.282 e. The SMILES string of the molecule is CCc1ccc(CCOc2ccc(CC(S)C(=O)NC(=O)S)cc2)nc1. The van der Waals surface area contributed by atoms with E-state index in [1.165, 1.54) is 5.56 Å². The monoisotopic (exact) mass is 390 g/mol. The molecule has 138 valence electrons. The van der Waals surface area contributed by atoms with Gasteiger partial charge in [-0.15, -0.1) is 0 Å². The first-order chi connectivity index (χ1) is 12.5. The second-order valence-electron chi connectivity index (χ2n) is 5.77. The zero-order valence-corrected chi connectivity index (χ0v) is 16.3. The highest BCUT2D eigenvalue weighted by atomic mass is 32.1. The summed E-state index contributed by atoms with van der Waals surface area (Å²) in [5.74, 6) is 0.292. The van der Waals surface area contributed by atoms with Crippen molar-refractivity contribution in [1.82, 2.24) is 10.3 Å². The van der Waals surface area contributed by atoms with Crippen molar-refractivity contribution in [3.63, 3.8) is 0 Å². The number of rotatable bonds is 8. The summed E-state index contributed by atoms with van der Waals surface area (Å²) in [7, 11) is 0. The molecule has 0 saturated heterocycles. The summed E-state index contributed by atoms with van der Waals surface area (Å²) in [6.07, 6.45) is 4.03. The lowest BCUT2D eigenvalue weighted by Gasteiger charge is -2.11. The third-order valence-electron chi connectivity index (χ3n) is 3.81. The van der Waals surface area contributed by atoms with Gasteiger partial charge in [0.1, 0.15) is 5.75 Å². The molecule has 2 amide bonds. The molecule has 0 radical (unpaired) electrons. The van der Waals surface area contributed by atoms with E-state index in [4.69, 9.17) is 4.74 Å². The van der Waals surface area contributed by atoms with Gasteiger partial charge in [0.15, 0.2) is 0 Å². The fourth-order valence-corrected chi connectivity index (χ4v) is 2.70. The normalized spacial score (nSPS) is 11.7. The minimum atomic E-state index is -0.684. The summed E-state index contributed by atoms with van der Waals surface area (Å²) in [4.78, 5) is 26.8. The largest absolute Gasteiger partial charge is 0.493 e. The Morgan fingerprint density at radius 2 is 1.85 bits per heavy atom. The van der Waals surface area contributed by atoms with Gasteiger partial charge in [0.25, 0.3) is 5.24 Å². The number of pyridine rings is 1. The average Bonchev–Trinajstić information content (AvgIpc) is 2.63. The Morgan fingerprint density at radius 1 is 1.15 bits per heavy atom. The molecule has 0 spiro atoms. The number of aromatic nitrogens is 1. The van der Waals surface area contributed by atoms with Gasteiger partial charge in [0.2, 0.25) is 5.91 Å². The standard InChI is InChI=1S/C19H22N2O3S2/c1-2-13-3-6-15(20-12-13)9-10-24-16-7-4-14(5-8-16)11-17(25)18(22)21-19(23)26/h3-8,12,17,25H,2,9-11H2,1H3,(H2,21,22,23,26). The molecule has 0 saturated carbocycles. The highest BCUT2D eigenvalue weighted by Gasteiger charge is 2.15. The predicted molar refractivity (Wildman–Crippen MR) is 108 cm³/mol. The Bertz CT molecular complexity index is 733. The molecule has 2 aromatic rings. The van der Waals surface area contributed by atoms with E-state index in [1.54, 1.807) is 0 Å². The summed E-state index contributed by atoms with van der Waals surface area (Å²) in [5, 5.41) is 0.805. The van der Waals surface area contributed by atoms with Crippen molar-refractivity contribution in [3.05, 3.63) is 59.4 Å². The van der Waals surface area contributed by atoms with Crippen molar-refractivity contribution in [3.8, 4) is 5.75 Å². The Hall–Kier alpha value is -1.99. The molecule has 1 aromatic heterocycles. The molecule has 1 atom stereocenters. The van der Waals surface area contributed by atoms with E-state index in [0.29, 0.717) is 13.0 Å². The van der Waals surface area contributed by atoms with E-state index in [9.17, 15) is 9.59 Å². The second-order valence-corrected chi connectivity index (χ2v) is 6.80. The number of carbonyl (C=O) groups is 2. The van der Waals surface area contributed by atoms with Crippen LogP contribution in [0, 0.1) is 0 Å². The van der Waals surface area contributed by atoms with Crippen molar-refractivity contribution in [2.75, 3.05) is 6.61 Å².